The molecule has 0 bridgehead atoms. The summed E-state index contributed by atoms with van der Waals surface area (Å²) in [6, 6.07) is 14.5. The van der Waals surface area contributed by atoms with Gasteiger partial charge in [-0.15, -0.1) is 0 Å². The van der Waals surface area contributed by atoms with Crippen LogP contribution in [-0.2, 0) is 10.0 Å². The van der Waals surface area contributed by atoms with E-state index in [-0.39, 0.29) is 10.9 Å². The second-order valence-corrected chi connectivity index (χ2v) is 9.84. The molecule has 0 fully saturated rings. The molecule has 31 heavy (non-hydrogen) atoms. The van der Waals surface area contributed by atoms with Gasteiger partial charge in [0, 0.05) is 23.4 Å². The van der Waals surface area contributed by atoms with Gasteiger partial charge in [0.1, 0.15) is 18.4 Å². The minimum Gasteiger partial charge on any atom is -0.486 e. The minimum absolute atomic E-state index is 0.0631. The number of aromatic nitrogens is 1. The first-order valence-electron chi connectivity index (χ1n) is 10.0. The predicted molar refractivity (Wildman–Crippen MR) is 119 cm³/mol. The maximum Gasteiger partial charge on any atom is 0.250 e. The Balaban J connectivity index is 1.61. The van der Waals surface area contributed by atoms with E-state index in [4.69, 9.17) is 21.1 Å². The van der Waals surface area contributed by atoms with Crippen molar-refractivity contribution < 1.29 is 17.9 Å². The number of ether oxygens (including phenoxy) is 2. The number of nitrogens with zero attached hydrogens (tertiary/aromatic N) is 3. The van der Waals surface area contributed by atoms with Crippen LogP contribution in [0.15, 0.2) is 53.6 Å². The molecule has 0 aliphatic carbocycles. The SMILES string of the molecule is CCS(=O)(=O)N1N=C(c2ccccc2)C[C@H]1c1cc2cc3c(cc2nc1Cl)OCCO3. The maximum atomic E-state index is 12.8. The summed E-state index contributed by atoms with van der Waals surface area (Å²) < 4.78 is 38.2. The number of fused-ring (bicyclic) bond motifs is 2. The molecule has 2 aliphatic heterocycles. The van der Waals surface area contributed by atoms with Crippen LogP contribution >= 0.6 is 11.6 Å². The first-order valence-corrected chi connectivity index (χ1v) is 12.0. The Kier molecular flexibility index (Phi) is 4.98. The summed E-state index contributed by atoms with van der Waals surface area (Å²) in [7, 11) is -3.61. The predicted octanol–water partition coefficient (Wildman–Crippen LogP) is 4.16. The normalized spacial score (nSPS) is 18.3. The molecule has 5 rings (SSSR count). The molecule has 0 unspecified atom stereocenters. The van der Waals surface area contributed by atoms with Crippen molar-refractivity contribution in [3.05, 3.63) is 64.8 Å². The molecule has 0 amide bonds. The van der Waals surface area contributed by atoms with E-state index in [2.05, 4.69) is 10.1 Å². The Labute approximate surface area is 185 Å². The highest BCUT2D eigenvalue weighted by Crippen LogP contribution is 2.41. The van der Waals surface area contributed by atoms with Crippen molar-refractivity contribution in [1.82, 2.24) is 9.40 Å². The number of sulfonamides is 1. The van der Waals surface area contributed by atoms with Gasteiger partial charge in [0.15, 0.2) is 11.5 Å². The standard InChI is InChI=1S/C22H20ClN3O4S/c1-2-31(27,28)26-19(12-18(25-26)14-6-4-3-5-7-14)16-10-15-11-20-21(30-9-8-29-20)13-17(15)24-22(16)23/h3-7,10-11,13,19H,2,8-9,12H2,1H3/t19-/m0/s1. The zero-order chi connectivity index (χ0) is 21.6. The summed E-state index contributed by atoms with van der Waals surface area (Å²) in [4.78, 5) is 4.53. The van der Waals surface area contributed by atoms with Crippen LogP contribution in [0.3, 0.4) is 0 Å². The lowest BCUT2D eigenvalue weighted by Crippen LogP contribution is -2.28. The monoisotopic (exact) mass is 457 g/mol. The van der Waals surface area contributed by atoms with Crippen molar-refractivity contribution in [3.63, 3.8) is 0 Å². The number of pyridine rings is 1. The van der Waals surface area contributed by atoms with E-state index in [1.165, 1.54) is 4.41 Å². The highest BCUT2D eigenvalue weighted by Gasteiger charge is 2.37. The van der Waals surface area contributed by atoms with E-state index in [9.17, 15) is 8.42 Å². The van der Waals surface area contributed by atoms with Gasteiger partial charge in [-0.1, -0.05) is 41.9 Å². The summed E-state index contributed by atoms with van der Waals surface area (Å²) >= 11 is 6.56. The van der Waals surface area contributed by atoms with E-state index in [1.54, 1.807) is 13.0 Å². The van der Waals surface area contributed by atoms with Crippen LogP contribution in [0.1, 0.15) is 30.5 Å². The average molecular weight is 458 g/mol. The number of hydrazone groups is 1. The van der Waals surface area contributed by atoms with Gasteiger partial charge >= 0.3 is 0 Å². The van der Waals surface area contributed by atoms with Crippen molar-refractivity contribution in [2.45, 2.75) is 19.4 Å². The lowest BCUT2D eigenvalue weighted by atomic mass is 9.99. The van der Waals surface area contributed by atoms with E-state index >= 15 is 0 Å². The lowest BCUT2D eigenvalue weighted by molar-refractivity contribution is 0.172. The number of halogens is 1. The first kappa shape index (κ1) is 20.1. The third kappa shape index (κ3) is 3.59. The molecule has 3 aromatic rings. The molecule has 0 radical (unpaired) electrons. The largest absolute Gasteiger partial charge is 0.486 e. The minimum atomic E-state index is -3.61. The van der Waals surface area contributed by atoms with Gasteiger partial charge in [-0.2, -0.15) is 9.52 Å². The lowest BCUT2D eigenvalue weighted by Gasteiger charge is -2.24. The quantitative estimate of drug-likeness (QED) is 0.549. The summed E-state index contributed by atoms with van der Waals surface area (Å²) in [5.41, 5.74) is 2.84. The molecular formula is C22H20ClN3O4S. The van der Waals surface area contributed by atoms with Crippen LogP contribution in [-0.4, -0.2) is 42.5 Å². The Morgan fingerprint density at radius 2 is 1.81 bits per heavy atom. The van der Waals surface area contributed by atoms with Crippen molar-refractivity contribution in [3.8, 4) is 11.5 Å². The Hall–Kier alpha value is -2.84. The molecule has 2 aliphatic rings. The zero-order valence-electron chi connectivity index (χ0n) is 16.8. The highest BCUT2D eigenvalue weighted by atomic mass is 35.5. The molecule has 0 N–H and O–H groups in total. The molecule has 1 aromatic heterocycles. The second-order valence-electron chi connectivity index (χ2n) is 7.36. The third-order valence-electron chi connectivity index (χ3n) is 5.45. The summed E-state index contributed by atoms with van der Waals surface area (Å²) in [6.45, 7) is 2.56. The summed E-state index contributed by atoms with van der Waals surface area (Å²) in [6.07, 6.45) is 0.403. The Bertz CT molecular complexity index is 1300. The molecule has 9 heteroatoms. The number of hydrogen-bond donors (Lipinski definition) is 0. The Morgan fingerprint density at radius 1 is 1.10 bits per heavy atom. The molecule has 1 atom stereocenters. The van der Waals surface area contributed by atoms with Crippen LogP contribution in [0.25, 0.3) is 10.9 Å². The topological polar surface area (TPSA) is 81.1 Å². The molecule has 7 nitrogen and oxygen atoms in total. The first-order chi connectivity index (χ1) is 15.0. The van der Waals surface area contributed by atoms with Gasteiger partial charge in [0.25, 0.3) is 0 Å². The molecule has 0 spiro atoms. The van der Waals surface area contributed by atoms with Crippen molar-refractivity contribution in [2.24, 2.45) is 5.10 Å². The Morgan fingerprint density at radius 3 is 2.52 bits per heavy atom. The van der Waals surface area contributed by atoms with Crippen molar-refractivity contribution >= 4 is 38.2 Å². The fraction of sp³-hybridized carbons (Fsp3) is 0.273. The smallest absolute Gasteiger partial charge is 0.250 e. The zero-order valence-corrected chi connectivity index (χ0v) is 18.4. The second kappa shape index (κ2) is 7.69. The fourth-order valence-corrected chi connectivity index (χ4v) is 5.19. The molecule has 2 aromatic carbocycles. The van der Waals surface area contributed by atoms with Gasteiger partial charge < -0.3 is 9.47 Å². The van der Waals surface area contributed by atoms with Crippen molar-refractivity contribution in [1.29, 1.82) is 0 Å². The number of hydrogen-bond acceptors (Lipinski definition) is 6. The van der Waals surface area contributed by atoms with E-state index in [0.29, 0.717) is 47.9 Å². The van der Waals surface area contributed by atoms with Gasteiger partial charge in [-0.05, 0) is 24.6 Å². The number of rotatable bonds is 4. The third-order valence-corrected chi connectivity index (χ3v) is 7.39. The van der Waals surface area contributed by atoms with E-state index < -0.39 is 16.1 Å². The van der Waals surface area contributed by atoms with Gasteiger partial charge in [0.2, 0.25) is 10.0 Å². The maximum absolute atomic E-state index is 12.8. The van der Waals surface area contributed by atoms with Gasteiger partial charge in [0.05, 0.1) is 23.0 Å². The summed E-state index contributed by atoms with van der Waals surface area (Å²) in [5.74, 6) is 1.20. The highest BCUT2D eigenvalue weighted by molar-refractivity contribution is 7.89. The van der Waals surface area contributed by atoms with E-state index in [0.717, 1.165) is 10.9 Å². The average Bonchev–Trinajstić information content (AvgIpc) is 3.24. The van der Waals surface area contributed by atoms with E-state index in [1.807, 2.05) is 42.5 Å². The van der Waals surface area contributed by atoms with Crippen LogP contribution in [0.5, 0.6) is 11.5 Å². The molecule has 0 saturated carbocycles. The molecular weight excluding hydrogens is 438 g/mol. The fourth-order valence-electron chi connectivity index (χ4n) is 3.85. The summed E-state index contributed by atoms with van der Waals surface area (Å²) in [5, 5.41) is 5.52. The van der Waals surface area contributed by atoms with Crippen LogP contribution in [0.2, 0.25) is 5.15 Å². The van der Waals surface area contributed by atoms with Gasteiger partial charge in [-0.3, -0.25) is 0 Å². The molecule has 3 heterocycles. The molecule has 0 saturated heterocycles. The number of benzene rings is 2. The van der Waals surface area contributed by atoms with Gasteiger partial charge in [-0.25, -0.2) is 13.4 Å². The van der Waals surface area contributed by atoms with Crippen molar-refractivity contribution in [2.75, 3.05) is 19.0 Å². The molecule has 160 valence electrons. The van der Waals surface area contributed by atoms with Crippen LogP contribution < -0.4 is 9.47 Å². The van der Waals surface area contributed by atoms with Crippen LogP contribution in [0.4, 0.5) is 0 Å². The van der Waals surface area contributed by atoms with Crippen LogP contribution in [0, 0.1) is 0 Å².